The number of ether oxygens (including phenoxy) is 2. The van der Waals surface area contributed by atoms with Crippen LogP contribution in [0.4, 0.5) is 9.18 Å². The SMILES string of the molecule is Cc1[nH]nc2c1C1(CCN(C(=O)OC(C)(C)C)CC1)Oc1c(F)cccc1-2. The number of rotatable bonds is 0. The van der Waals surface area contributed by atoms with Crippen molar-refractivity contribution in [3.8, 4) is 17.0 Å². The number of H-pyrrole nitrogens is 1. The molecule has 6 nitrogen and oxygen atoms in total. The van der Waals surface area contributed by atoms with Gasteiger partial charge in [-0.25, -0.2) is 9.18 Å². The van der Waals surface area contributed by atoms with E-state index in [0.717, 1.165) is 17.0 Å². The number of likely N-dealkylation sites (tertiary alicyclic amines) is 1. The van der Waals surface area contributed by atoms with Crippen LogP contribution < -0.4 is 4.74 Å². The van der Waals surface area contributed by atoms with E-state index in [1.165, 1.54) is 6.07 Å². The number of fused-ring (bicyclic) bond motifs is 4. The van der Waals surface area contributed by atoms with Crippen LogP contribution in [0.15, 0.2) is 18.2 Å². The Kier molecular flexibility index (Phi) is 3.94. The molecule has 1 amide bonds. The first-order valence-electron chi connectivity index (χ1n) is 9.21. The molecule has 1 fully saturated rings. The van der Waals surface area contributed by atoms with E-state index in [1.807, 2.05) is 33.8 Å². The summed E-state index contributed by atoms with van der Waals surface area (Å²) in [5.41, 5.74) is 2.04. The van der Waals surface area contributed by atoms with E-state index in [-0.39, 0.29) is 11.8 Å². The van der Waals surface area contributed by atoms with Crippen molar-refractivity contribution in [2.75, 3.05) is 13.1 Å². The molecular weight excluding hydrogens is 349 g/mol. The highest BCUT2D eigenvalue weighted by Gasteiger charge is 2.47. The van der Waals surface area contributed by atoms with Crippen molar-refractivity contribution in [3.05, 3.63) is 35.3 Å². The standard InChI is InChI=1S/C20H24FN3O3/c1-12-15-16(23-22-12)13-6-5-7-14(21)17(13)26-20(15)8-10-24(11-9-20)18(25)27-19(2,3)4/h5-7H,8-11H2,1-4H3,(H,22,23). The average Bonchev–Trinajstić information content (AvgIpc) is 2.98. The van der Waals surface area contributed by atoms with Gasteiger partial charge in [-0.1, -0.05) is 6.07 Å². The van der Waals surface area contributed by atoms with Gasteiger partial charge in [-0.05, 0) is 39.8 Å². The molecule has 1 aromatic carbocycles. The molecule has 0 aliphatic carbocycles. The number of aromatic nitrogens is 2. The van der Waals surface area contributed by atoms with Crippen LogP contribution in [0.5, 0.6) is 5.75 Å². The van der Waals surface area contributed by atoms with Gasteiger partial charge in [-0.15, -0.1) is 0 Å². The number of nitrogens with zero attached hydrogens (tertiary/aromatic N) is 2. The molecule has 1 aromatic heterocycles. The number of piperidine rings is 1. The lowest BCUT2D eigenvalue weighted by Gasteiger charge is -2.44. The third-order valence-corrected chi connectivity index (χ3v) is 5.15. The summed E-state index contributed by atoms with van der Waals surface area (Å²) in [4.78, 5) is 14.1. The smallest absolute Gasteiger partial charge is 0.410 e. The van der Waals surface area contributed by atoms with E-state index < -0.39 is 17.0 Å². The lowest BCUT2D eigenvalue weighted by Crippen LogP contribution is -2.50. The minimum Gasteiger partial charge on any atom is -0.478 e. The lowest BCUT2D eigenvalue weighted by atomic mass is 9.79. The summed E-state index contributed by atoms with van der Waals surface area (Å²) in [5, 5.41) is 7.43. The minimum atomic E-state index is -0.694. The van der Waals surface area contributed by atoms with Crippen LogP contribution in [0.2, 0.25) is 0 Å². The van der Waals surface area contributed by atoms with Crippen molar-refractivity contribution in [1.29, 1.82) is 0 Å². The van der Waals surface area contributed by atoms with E-state index in [2.05, 4.69) is 10.2 Å². The zero-order valence-corrected chi connectivity index (χ0v) is 16.1. The van der Waals surface area contributed by atoms with E-state index in [9.17, 15) is 9.18 Å². The second kappa shape index (κ2) is 5.97. The lowest BCUT2D eigenvalue weighted by molar-refractivity contribution is -0.0235. The zero-order chi connectivity index (χ0) is 19.4. The number of nitrogens with one attached hydrogen (secondary N) is 1. The average molecular weight is 373 g/mol. The molecule has 27 heavy (non-hydrogen) atoms. The molecular formula is C20H24FN3O3. The highest BCUT2D eigenvalue weighted by Crippen LogP contribution is 2.50. The summed E-state index contributed by atoms with van der Waals surface area (Å²) in [5.74, 6) is -0.157. The number of hydrogen-bond acceptors (Lipinski definition) is 4. The van der Waals surface area contributed by atoms with Gasteiger partial charge in [0.05, 0.1) is 0 Å². The fourth-order valence-corrected chi connectivity index (χ4v) is 3.96. The molecule has 144 valence electrons. The number of halogens is 1. The monoisotopic (exact) mass is 373 g/mol. The van der Waals surface area contributed by atoms with Crippen LogP contribution in [-0.2, 0) is 10.3 Å². The Bertz CT molecular complexity index is 892. The Morgan fingerprint density at radius 1 is 1.33 bits per heavy atom. The molecule has 0 atom stereocenters. The molecule has 0 radical (unpaired) electrons. The van der Waals surface area contributed by atoms with Crippen molar-refractivity contribution in [3.63, 3.8) is 0 Å². The van der Waals surface area contributed by atoms with E-state index in [4.69, 9.17) is 9.47 Å². The highest BCUT2D eigenvalue weighted by molar-refractivity contribution is 5.75. The summed E-state index contributed by atoms with van der Waals surface area (Å²) in [6.45, 7) is 8.44. The maximum Gasteiger partial charge on any atom is 0.410 e. The van der Waals surface area contributed by atoms with Gasteiger partial charge < -0.3 is 14.4 Å². The summed E-state index contributed by atoms with van der Waals surface area (Å²) in [6, 6.07) is 4.88. The van der Waals surface area contributed by atoms with Crippen LogP contribution in [0.3, 0.4) is 0 Å². The fourth-order valence-electron chi connectivity index (χ4n) is 3.96. The third-order valence-electron chi connectivity index (χ3n) is 5.15. The number of hydrogen-bond donors (Lipinski definition) is 1. The van der Waals surface area contributed by atoms with Crippen LogP contribution in [0.1, 0.15) is 44.9 Å². The number of aromatic amines is 1. The first-order chi connectivity index (χ1) is 12.7. The Hall–Kier alpha value is -2.57. The van der Waals surface area contributed by atoms with E-state index in [1.54, 1.807) is 11.0 Å². The predicted octanol–water partition coefficient (Wildman–Crippen LogP) is 4.14. The summed E-state index contributed by atoms with van der Waals surface area (Å²) in [7, 11) is 0. The summed E-state index contributed by atoms with van der Waals surface area (Å²) >= 11 is 0. The van der Waals surface area contributed by atoms with Crippen LogP contribution in [-0.4, -0.2) is 39.9 Å². The summed E-state index contributed by atoms with van der Waals surface area (Å²) < 4.78 is 26.2. The molecule has 1 spiro atoms. The number of amides is 1. The predicted molar refractivity (Wildman–Crippen MR) is 98.1 cm³/mol. The Morgan fingerprint density at radius 2 is 2.04 bits per heavy atom. The number of aryl methyl sites for hydroxylation is 1. The highest BCUT2D eigenvalue weighted by atomic mass is 19.1. The van der Waals surface area contributed by atoms with Crippen molar-refractivity contribution >= 4 is 6.09 Å². The van der Waals surface area contributed by atoms with Gasteiger partial charge >= 0.3 is 6.09 Å². The molecule has 0 unspecified atom stereocenters. The Balaban J connectivity index is 1.65. The summed E-state index contributed by atoms with van der Waals surface area (Å²) in [6.07, 6.45) is 0.768. The normalized spacial score (nSPS) is 17.9. The topological polar surface area (TPSA) is 67.5 Å². The van der Waals surface area contributed by atoms with Gasteiger partial charge in [-0.3, -0.25) is 5.10 Å². The maximum atomic E-state index is 14.5. The van der Waals surface area contributed by atoms with Gasteiger partial charge in [0.1, 0.15) is 16.9 Å². The molecule has 2 aromatic rings. The van der Waals surface area contributed by atoms with Gasteiger partial charge in [-0.2, -0.15) is 5.10 Å². The number of carbonyl (C=O) groups excluding carboxylic acids is 1. The molecule has 7 heteroatoms. The molecule has 2 aliphatic rings. The van der Waals surface area contributed by atoms with Crippen molar-refractivity contribution in [1.82, 2.24) is 15.1 Å². The quantitative estimate of drug-likeness (QED) is 0.754. The molecule has 4 rings (SSSR count). The van der Waals surface area contributed by atoms with Gasteiger partial charge in [0.15, 0.2) is 11.6 Å². The number of benzene rings is 1. The maximum absolute atomic E-state index is 14.5. The fraction of sp³-hybridized carbons (Fsp3) is 0.500. The molecule has 0 bridgehead atoms. The first-order valence-corrected chi connectivity index (χ1v) is 9.21. The van der Waals surface area contributed by atoms with Crippen LogP contribution in [0.25, 0.3) is 11.3 Å². The number of carbonyl (C=O) groups is 1. The Morgan fingerprint density at radius 3 is 2.70 bits per heavy atom. The van der Waals surface area contributed by atoms with Gasteiger partial charge in [0, 0.05) is 42.8 Å². The van der Waals surface area contributed by atoms with Gasteiger partial charge in [0.2, 0.25) is 0 Å². The number of para-hydroxylation sites is 1. The van der Waals surface area contributed by atoms with Crippen molar-refractivity contribution in [2.24, 2.45) is 0 Å². The third kappa shape index (κ3) is 2.95. The first kappa shape index (κ1) is 17.8. The van der Waals surface area contributed by atoms with E-state index in [0.29, 0.717) is 31.5 Å². The van der Waals surface area contributed by atoms with Gasteiger partial charge in [0.25, 0.3) is 0 Å². The second-order valence-electron chi connectivity index (χ2n) is 8.25. The molecule has 2 aliphatic heterocycles. The Labute approximate surface area is 157 Å². The van der Waals surface area contributed by atoms with Crippen molar-refractivity contribution in [2.45, 2.75) is 51.7 Å². The molecule has 1 saturated heterocycles. The molecule has 1 N–H and O–H groups in total. The second-order valence-corrected chi connectivity index (χ2v) is 8.25. The van der Waals surface area contributed by atoms with Crippen LogP contribution >= 0.6 is 0 Å². The minimum absolute atomic E-state index is 0.238. The molecule has 3 heterocycles. The largest absolute Gasteiger partial charge is 0.478 e. The molecule has 0 saturated carbocycles. The zero-order valence-electron chi connectivity index (χ0n) is 16.1. The van der Waals surface area contributed by atoms with Crippen molar-refractivity contribution < 1.29 is 18.7 Å². The van der Waals surface area contributed by atoms with E-state index >= 15 is 0 Å². The van der Waals surface area contributed by atoms with Crippen LogP contribution in [0, 0.1) is 12.7 Å².